The third-order valence-electron chi connectivity index (χ3n) is 2.64. The molecule has 1 rings (SSSR count). The molecule has 0 saturated carbocycles. The molecule has 0 aliphatic rings. The van der Waals surface area contributed by atoms with Crippen molar-refractivity contribution >= 4 is 46.4 Å². The summed E-state index contributed by atoms with van der Waals surface area (Å²) < 4.78 is 0. The van der Waals surface area contributed by atoms with Crippen LogP contribution in [0.3, 0.4) is 0 Å². The van der Waals surface area contributed by atoms with Crippen LogP contribution < -0.4 is 5.30 Å². The van der Waals surface area contributed by atoms with Crippen molar-refractivity contribution in [1.82, 2.24) is 0 Å². The van der Waals surface area contributed by atoms with Crippen molar-refractivity contribution in [3.8, 4) is 6.07 Å². The Labute approximate surface area is 130 Å². The number of nitriles is 1. The van der Waals surface area contributed by atoms with Crippen LogP contribution in [0.1, 0.15) is 32.3 Å². The lowest BCUT2D eigenvalue weighted by Gasteiger charge is -2.17. The van der Waals surface area contributed by atoms with E-state index in [0.29, 0.717) is 11.5 Å². The van der Waals surface area contributed by atoms with Crippen LogP contribution in [-0.4, -0.2) is 10.6 Å². The maximum Gasteiger partial charge on any atom is 0.146 e. The van der Waals surface area contributed by atoms with Crippen LogP contribution >= 0.6 is 29.3 Å². The van der Waals surface area contributed by atoms with E-state index in [4.69, 9.17) is 17.1 Å². The van der Waals surface area contributed by atoms with Crippen molar-refractivity contribution in [2.45, 2.75) is 26.7 Å². The van der Waals surface area contributed by atoms with Gasteiger partial charge in [-0.1, -0.05) is 49.9 Å². The monoisotopic (exact) mass is 335 g/mol. The van der Waals surface area contributed by atoms with Crippen LogP contribution in [0.2, 0.25) is 0 Å². The zero-order valence-electron chi connectivity index (χ0n) is 11.1. The number of hydrogen-bond donors (Lipinski definition) is 1. The quantitative estimate of drug-likeness (QED) is 0.796. The van der Waals surface area contributed by atoms with Gasteiger partial charge in [0.2, 0.25) is 0 Å². The number of hydrogen-bond acceptors (Lipinski definition) is 3. The van der Waals surface area contributed by atoms with E-state index in [1.165, 1.54) is 11.4 Å². The summed E-state index contributed by atoms with van der Waals surface area (Å²) in [6.45, 7) is 4.35. The molecule has 2 nitrogen and oxygen atoms in total. The van der Waals surface area contributed by atoms with Crippen molar-refractivity contribution in [3.05, 3.63) is 29.8 Å². The number of benzene rings is 1. The van der Waals surface area contributed by atoms with E-state index < -0.39 is 5.47 Å². The number of nitrogens with zero attached hydrogens (tertiary/aromatic N) is 1. The van der Waals surface area contributed by atoms with Crippen molar-refractivity contribution in [2.24, 2.45) is 5.92 Å². The molecule has 19 heavy (non-hydrogen) atoms. The topological polar surface area (TPSA) is 44.0 Å². The van der Waals surface area contributed by atoms with Crippen LogP contribution in [0.25, 0.3) is 0 Å². The fraction of sp³-hybridized carbons (Fsp3) is 0.462. The standard InChI is InChI=1S/C13H18NOPS2.ClH/c1-3-4-11(2)10-18-16(15,17)13-7-5-12(9-14)6-8-13;/h5-8,11H,3-4,10H2,1-2H3,(H,15,17);1H. The highest BCUT2D eigenvalue weighted by molar-refractivity contribution is 8.71. The molecule has 0 aromatic heterocycles. The molecule has 106 valence electrons. The minimum Gasteiger partial charge on any atom is -0.354 e. The summed E-state index contributed by atoms with van der Waals surface area (Å²) in [6, 6.07) is 9.03. The maximum absolute atomic E-state index is 10.4. The minimum absolute atomic E-state index is 0. The molecule has 2 atom stereocenters. The van der Waals surface area contributed by atoms with Gasteiger partial charge in [0.15, 0.2) is 0 Å². The van der Waals surface area contributed by atoms with E-state index in [1.54, 1.807) is 24.3 Å². The highest BCUT2D eigenvalue weighted by Crippen LogP contribution is 2.54. The van der Waals surface area contributed by atoms with E-state index in [1.807, 2.05) is 0 Å². The SMILES string of the molecule is CCCC(C)CSP(O)(=S)c1ccc(C#N)cc1.Cl. The van der Waals surface area contributed by atoms with Gasteiger partial charge in [0.05, 0.1) is 11.6 Å². The van der Waals surface area contributed by atoms with Crippen LogP contribution in [0.15, 0.2) is 24.3 Å². The van der Waals surface area contributed by atoms with Gasteiger partial charge in [-0.05, 0) is 30.2 Å². The molecular formula is C13H19ClNOPS2. The van der Waals surface area contributed by atoms with Crippen molar-refractivity contribution in [1.29, 1.82) is 5.26 Å². The molecule has 1 N–H and O–H groups in total. The number of rotatable bonds is 6. The predicted octanol–water partition coefficient (Wildman–Crippen LogP) is 4.08. The summed E-state index contributed by atoms with van der Waals surface area (Å²) in [5.74, 6) is 1.47. The van der Waals surface area contributed by atoms with Crippen LogP contribution in [0, 0.1) is 17.2 Å². The van der Waals surface area contributed by atoms with E-state index in [2.05, 4.69) is 19.9 Å². The van der Waals surface area contributed by atoms with Gasteiger partial charge in [0, 0.05) is 11.1 Å². The lowest BCUT2D eigenvalue weighted by atomic mass is 10.1. The highest BCUT2D eigenvalue weighted by Gasteiger charge is 2.18. The molecule has 1 aromatic rings. The van der Waals surface area contributed by atoms with Gasteiger partial charge in [-0.2, -0.15) is 5.26 Å². The van der Waals surface area contributed by atoms with E-state index in [0.717, 1.165) is 23.9 Å². The molecule has 0 radical (unpaired) electrons. The van der Waals surface area contributed by atoms with E-state index in [-0.39, 0.29) is 12.4 Å². The molecule has 0 bridgehead atoms. The molecule has 0 aliphatic heterocycles. The van der Waals surface area contributed by atoms with Gasteiger partial charge >= 0.3 is 0 Å². The van der Waals surface area contributed by atoms with Gasteiger partial charge in [-0.15, -0.1) is 12.4 Å². The third-order valence-corrected chi connectivity index (χ3v) is 8.37. The smallest absolute Gasteiger partial charge is 0.146 e. The van der Waals surface area contributed by atoms with Gasteiger partial charge in [0.1, 0.15) is 5.47 Å². The van der Waals surface area contributed by atoms with Crippen molar-refractivity contribution in [3.63, 3.8) is 0 Å². The highest BCUT2D eigenvalue weighted by atomic mass is 35.5. The molecule has 0 amide bonds. The molecule has 1 aromatic carbocycles. The maximum atomic E-state index is 10.4. The van der Waals surface area contributed by atoms with Crippen molar-refractivity contribution in [2.75, 3.05) is 5.75 Å². The van der Waals surface area contributed by atoms with E-state index in [9.17, 15) is 4.89 Å². The van der Waals surface area contributed by atoms with Crippen molar-refractivity contribution < 1.29 is 4.89 Å². The summed E-state index contributed by atoms with van der Waals surface area (Å²) in [5, 5.41) is 9.51. The zero-order chi connectivity index (χ0) is 13.6. The Bertz CT molecular complexity index is 473. The van der Waals surface area contributed by atoms with E-state index >= 15 is 0 Å². The Morgan fingerprint density at radius 3 is 2.47 bits per heavy atom. The van der Waals surface area contributed by atoms with Gasteiger partial charge in [-0.3, -0.25) is 0 Å². The Morgan fingerprint density at radius 1 is 1.42 bits per heavy atom. The fourth-order valence-electron chi connectivity index (χ4n) is 1.60. The molecule has 0 heterocycles. The Hall–Kier alpha value is -0.0400. The summed E-state index contributed by atoms with van der Waals surface area (Å²) >= 11 is 6.83. The van der Waals surface area contributed by atoms with Gasteiger partial charge in [-0.25, -0.2) is 0 Å². The third kappa shape index (κ3) is 6.29. The zero-order valence-corrected chi connectivity index (χ0v) is 14.4. The second-order valence-electron chi connectivity index (χ2n) is 4.37. The molecule has 0 spiro atoms. The molecular weight excluding hydrogens is 317 g/mol. The lowest BCUT2D eigenvalue weighted by molar-refractivity contribution is 0.585. The second-order valence-corrected chi connectivity index (χ2v) is 11.2. The number of halogens is 1. The average molecular weight is 336 g/mol. The average Bonchev–Trinajstić information content (AvgIpc) is 2.37. The first kappa shape index (κ1) is 19.0. The lowest BCUT2D eigenvalue weighted by Crippen LogP contribution is -2.04. The first-order chi connectivity index (χ1) is 8.49. The summed E-state index contributed by atoms with van der Waals surface area (Å²) in [5.41, 5.74) is -1.92. The Kier molecular flexibility index (Phi) is 8.98. The predicted molar refractivity (Wildman–Crippen MR) is 91.1 cm³/mol. The summed E-state index contributed by atoms with van der Waals surface area (Å²) in [7, 11) is 0. The summed E-state index contributed by atoms with van der Waals surface area (Å²) in [4.78, 5) is 10.4. The van der Waals surface area contributed by atoms with Gasteiger partial charge in [0.25, 0.3) is 0 Å². The molecule has 6 heteroatoms. The molecule has 0 saturated heterocycles. The normalized spacial score (nSPS) is 14.8. The molecule has 2 unspecified atom stereocenters. The second kappa shape index (κ2) is 9.00. The summed E-state index contributed by atoms with van der Waals surface area (Å²) in [6.07, 6.45) is 2.32. The minimum atomic E-state index is -2.51. The van der Waals surface area contributed by atoms with Crippen LogP contribution in [-0.2, 0) is 11.8 Å². The van der Waals surface area contributed by atoms with Crippen LogP contribution in [0.5, 0.6) is 0 Å². The Balaban J connectivity index is 0.00000324. The first-order valence-corrected chi connectivity index (χ1v) is 10.3. The first-order valence-electron chi connectivity index (χ1n) is 5.97. The van der Waals surface area contributed by atoms with Gasteiger partial charge < -0.3 is 4.89 Å². The largest absolute Gasteiger partial charge is 0.354 e. The molecule has 0 fully saturated rings. The fourth-order valence-corrected chi connectivity index (χ4v) is 6.00. The van der Waals surface area contributed by atoms with Crippen LogP contribution in [0.4, 0.5) is 0 Å². The Morgan fingerprint density at radius 2 is 2.00 bits per heavy atom. The molecule has 0 aliphatic carbocycles.